The van der Waals surface area contributed by atoms with Crippen LogP contribution in [0.4, 0.5) is 0 Å². The van der Waals surface area contributed by atoms with Crippen LogP contribution in [0.1, 0.15) is 23.2 Å². The Bertz CT molecular complexity index is 264. The lowest BCUT2D eigenvalue weighted by Gasteiger charge is -1.95. The third kappa shape index (κ3) is 2.31. The average Bonchev–Trinajstić information content (AvgIpc) is 2.15. The van der Waals surface area contributed by atoms with Crippen LogP contribution in [0.2, 0.25) is 0 Å². The molecular formula is C10H9O2. The van der Waals surface area contributed by atoms with E-state index in [0.717, 1.165) is 0 Å². The van der Waals surface area contributed by atoms with Gasteiger partial charge in [-0.2, -0.15) is 0 Å². The highest BCUT2D eigenvalue weighted by molar-refractivity contribution is 5.96. The summed E-state index contributed by atoms with van der Waals surface area (Å²) in [4.78, 5) is 21.1. The summed E-state index contributed by atoms with van der Waals surface area (Å²) < 4.78 is 0. The molecule has 12 heavy (non-hydrogen) atoms. The second-order valence-electron chi connectivity index (χ2n) is 2.43. The van der Waals surface area contributed by atoms with Gasteiger partial charge in [-0.3, -0.25) is 9.59 Å². The highest BCUT2D eigenvalue weighted by atomic mass is 16.1. The predicted octanol–water partition coefficient (Wildman–Crippen LogP) is 1.76. The lowest BCUT2D eigenvalue weighted by molar-refractivity contribution is 0.0984. The maximum atomic E-state index is 11.2. The van der Waals surface area contributed by atoms with Gasteiger partial charge < -0.3 is 0 Å². The molecule has 1 radical (unpaired) electrons. The van der Waals surface area contributed by atoms with E-state index in [0.29, 0.717) is 5.56 Å². The van der Waals surface area contributed by atoms with Crippen molar-refractivity contribution in [1.29, 1.82) is 0 Å². The van der Waals surface area contributed by atoms with Crippen molar-refractivity contribution in [3.63, 3.8) is 0 Å². The highest BCUT2D eigenvalue weighted by Gasteiger charge is 2.02. The van der Waals surface area contributed by atoms with Crippen molar-refractivity contribution in [2.75, 3.05) is 0 Å². The number of Topliss-reactive ketones (excluding diaryl/α,β-unsaturated/α-hetero) is 1. The van der Waals surface area contributed by atoms with E-state index in [1.807, 2.05) is 6.07 Å². The first-order valence-corrected chi connectivity index (χ1v) is 3.78. The van der Waals surface area contributed by atoms with E-state index in [9.17, 15) is 9.59 Å². The van der Waals surface area contributed by atoms with Gasteiger partial charge in [-0.15, -0.1) is 0 Å². The number of ketones is 1. The summed E-state index contributed by atoms with van der Waals surface area (Å²) in [5.41, 5.74) is 0.660. The maximum absolute atomic E-state index is 11.2. The molecule has 0 aromatic heterocycles. The Morgan fingerprint density at radius 3 is 2.50 bits per heavy atom. The van der Waals surface area contributed by atoms with Gasteiger partial charge in [-0.05, 0) is 0 Å². The van der Waals surface area contributed by atoms with Crippen molar-refractivity contribution >= 4 is 12.1 Å². The maximum Gasteiger partial charge on any atom is 0.198 e. The second kappa shape index (κ2) is 4.44. The van der Waals surface area contributed by atoms with Crippen LogP contribution in [0.5, 0.6) is 0 Å². The van der Waals surface area contributed by atoms with Crippen LogP contribution in [0.15, 0.2) is 30.3 Å². The molecule has 0 amide bonds. The fraction of sp³-hybridized carbons (Fsp3) is 0.200. The van der Waals surface area contributed by atoms with Crippen molar-refractivity contribution in [3.8, 4) is 0 Å². The van der Waals surface area contributed by atoms with E-state index >= 15 is 0 Å². The fourth-order valence-electron chi connectivity index (χ4n) is 0.933. The molecule has 0 saturated heterocycles. The molecule has 0 spiro atoms. The van der Waals surface area contributed by atoms with E-state index in [1.165, 1.54) is 0 Å². The largest absolute Gasteiger partial charge is 0.294 e. The van der Waals surface area contributed by atoms with Gasteiger partial charge in [0.05, 0.1) is 0 Å². The highest BCUT2D eigenvalue weighted by Crippen LogP contribution is 2.03. The monoisotopic (exact) mass is 161 g/mol. The molecule has 2 heteroatoms. The van der Waals surface area contributed by atoms with E-state index in [2.05, 4.69) is 0 Å². The van der Waals surface area contributed by atoms with Crippen molar-refractivity contribution in [1.82, 2.24) is 0 Å². The van der Waals surface area contributed by atoms with Crippen molar-refractivity contribution in [2.24, 2.45) is 0 Å². The first kappa shape index (κ1) is 8.65. The molecule has 2 nitrogen and oxygen atoms in total. The number of rotatable bonds is 4. The first-order chi connectivity index (χ1) is 5.84. The standard InChI is InChI=1S/C10H9O2/c11-8-4-7-10(12)9-5-2-1-3-6-9/h1-3,5-6H,4,7H2. The molecule has 1 aromatic rings. The SMILES string of the molecule is O=[C]CCC(=O)c1ccccc1. The second-order valence-corrected chi connectivity index (χ2v) is 2.43. The van der Waals surface area contributed by atoms with Crippen LogP contribution < -0.4 is 0 Å². The molecule has 0 aliphatic rings. The van der Waals surface area contributed by atoms with Gasteiger partial charge in [-0.1, -0.05) is 30.3 Å². The number of hydrogen-bond acceptors (Lipinski definition) is 2. The normalized spacial score (nSPS) is 9.33. The number of carbonyl (C=O) groups is 1. The van der Waals surface area contributed by atoms with Crippen LogP contribution >= 0.6 is 0 Å². The van der Waals surface area contributed by atoms with Crippen molar-refractivity contribution in [3.05, 3.63) is 35.9 Å². The third-order valence-electron chi connectivity index (χ3n) is 1.55. The Morgan fingerprint density at radius 2 is 1.92 bits per heavy atom. The van der Waals surface area contributed by atoms with Gasteiger partial charge in [0.2, 0.25) is 0 Å². The molecule has 1 rings (SSSR count). The van der Waals surface area contributed by atoms with Crippen LogP contribution in [0.3, 0.4) is 0 Å². The minimum Gasteiger partial charge on any atom is -0.294 e. The molecule has 0 unspecified atom stereocenters. The van der Waals surface area contributed by atoms with Crippen LogP contribution in [0, 0.1) is 0 Å². The van der Waals surface area contributed by atoms with E-state index in [4.69, 9.17) is 0 Å². The van der Waals surface area contributed by atoms with E-state index in [-0.39, 0.29) is 18.6 Å². The van der Waals surface area contributed by atoms with Crippen LogP contribution in [0.25, 0.3) is 0 Å². The molecule has 0 fully saturated rings. The fourth-order valence-corrected chi connectivity index (χ4v) is 0.933. The molecule has 61 valence electrons. The Hall–Kier alpha value is -1.44. The summed E-state index contributed by atoms with van der Waals surface area (Å²) in [6.45, 7) is 0. The summed E-state index contributed by atoms with van der Waals surface area (Å²) in [6.07, 6.45) is 2.14. The zero-order valence-electron chi connectivity index (χ0n) is 6.62. The topological polar surface area (TPSA) is 34.1 Å². The van der Waals surface area contributed by atoms with Crippen molar-refractivity contribution in [2.45, 2.75) is 12.8 Å². The quantitative estimate of drug-likeness (QED) is 0.630. The number of carbonyl (C=O) groups excluding carboxylic acids is 2. The molecular weight excluding hydrogens is 152 g/mol. The molecule has 0 aliphatic carbocycles. The summed E-state index contributed by atoms with van der Waals surface area (Å²) in [5.74, 6) is -0.000972. The molecule has 1 aromatic carbocycles. The number of hydrogen-bond donors (Lipinski definition) is 0. The van der Waals surface area contributed by atoms with Crippen LogP contribution in [-0.4, -0.2) is 12.1 Å². The van der Waals surface area contributed by atoms with Gasteiger partial charge in [0, 0.05) is 18.4 Å². The minimum absolute atomic E-state index is 0.000972. The van der Waals surface area contributed by atoms with Gasteiger partial charge in [0.1, 0.15) is 0 Å². The van der Waals surface area contributed by atoms with Gasteiger partial charge in [-0.25, -0.2) is 0 Å². The first-order valence-electron chi connectivity index (χ1n) is 3.78. The lowest BCUT2D eigenvalue weighted by atomic mass is 10.1. The summed E-state index contributed by atoms with van der Waals surface area (Å²) in [7, 11) is 0. The molecule has 0 atom stereocenters. The van der Waals surface area contributed by atoms with Gasteiger partial charge in [0.15, 0.2) is 12.1 Å². The Morgan fingerprint density at radius 1 is 1.25 bits per heavy atom. The Balaban J connectivity index is 2.59. The lowest BCUT2D eigenvalue weighted by Crippen LogP contribution is -1.98. The average molecular weight is 161 g/mol. The summed E-state index contributed by atoms with van der Waals surface area (Å²) in [6, 6.07) is 8.94. The van der Waals surface area contributed by atoms with Gasteiger partial charge >= 0.3 is 0 Å². The molecule has 0 N–H and O–H groups in total. The van der Waals surface area contributed by atoms with Gasteiger partial charge in [0.25, 0.3) is 0 Å². The molecule has 0 aliphatic heterocycles. The van der Waals surface area contributed by atoms with Crippen LogP contribution in [-0.2, 0) is 4.79 Å². The zero-order valence-corrected chi connectivity index (χ0v) is 6.62. The molecule has 0 bridgehead atoms. The Kier molecular flexibility index (Phi) is 3.20. The number of benzene rings is 1. The van der Waals surface area contributed by atoms with E-state index in [1.54, 1.807) is 30.6 Å². The third-order valence-corrected chi connectivity index (χ3v) is 1.55. The minimum atomic E-state index is -0.000972. The van der Waals surface area contributed by atoms with Crippen molar-refractivity contribution < 1.29 is 9.59 Å². The zero-order chi connectivity index (χ0) is 8.81. The molecule has 0 heterocycles. The summed E-state index contributed by atoms with van der Waals surface area (Å²) >= 11 is 0. The predicted molar refractivity (Wildman–Crippen MR) is 45.7 cm³/mol. The Labute approximate surface area is 71.2 Å². The van der Waals surface area contributed by atoms with E-state index < -0.39 is 0 Å². The smallest absolute Gasteiger partial charge is 0.198 e. The summed E-state index contributed by atoms with van der Waals surface area (Å²) in [5, 5.41) is 0. The molecule has 0 saturated carbocycles.